The molecule has 16 heteroatoms. The molecule has 39 heavy (non-hydrogen) atoms. The number of hydrogen-bond donors (Lipinski definition) is 3. The lowest BCUT2D eigenvalue weighted by molar-refractivity contribution is -0.192. The fourth-order valence-corrected chi connectivity index (χ4v) is 4.01. The second-order valence-electron chi connectivity index (χ2n) is 8.47. The number of piperidine rings is 1. The van der Waals surface area contributed by atoms with E-state index in [-0.39, 0.29) is 6.10 Å². The molecule has 1 aromatic carbocycles. The lowest BCUT2D eigenvalue weighted by Gasteiger charge is -2.28. The van der Waals surface area contributed by atoms with Gasteiger partial charge in [0.2, 0.25) is 11.9 Å². The van der Waals surface area contributed by atoms with Gasteiger partial charge in [0.05, 0.1) is 28.2 Å². The first-order valence-electron chi connectivity index (χ1n) is 11.5. The van der Waals surface area contributed by atoms with Crippen LogP contribution in [0.5, 0.6) is 0 Å². The maximum atomic E-state index is 10.6. The number of hydrogen-bond acceptors (Lipinski definition) is 9. The zero-order valence-corrected chi connectivity index (χ0v) is 22.0. The SMILES string of the molecule is Cn1cc(-c2nc(Nc3ccc(-n4cnc(N5CCC(O)CC5)n4)cc3)ncc2Br)cn1.O=C(O)C(F)(F)F. The van der Waals surface area contributed by atoms with Crippen molar-refractivity contribution in [2.75, 3.05) is 23.3 Å². The highest BCUT2D eigenvalue weighted by Gasteiger charge is 2.38. The average molecular weight is 610 g/mol. The molecular formula is C23H23BrF3N9O3. The molecule has 1 saturated heterocycles. The van der Waals surface area contributed by atoms with E-state index in [1.165, 1.54) is 0 Å². The van der Waals surface area contributed by atoms with Crippen molar-refractivity contribution in [2.45, 2.75) is 25.1 Å². The Balaban J connectivity index is 0.000000448. The van der Waals surface area contributed by atoms with E-state index in [9.17, 15) is 18.3 Å². The van der Waals surface area contributed by atoms with E-state index in [2.05, 4.69) is 51.3 Å². The maximum Gasteiger partial charge on any atom is 0.490 e. The van der Waals surface area contributed by atoms with E-state index in [0.717, 1.165) is 53.0 Å². The molecule has 3 N–H and O–H groups in total. The minimum absolute atomic E-state index is 0.219. The predicted molar refractivity (Wildman–Crippen MR) is 138 cm³/mol. The number of carboxylic acid groups (broad SMARTS) is 1. The molecule has 3 aromatic heterocycles. The highest BCUT2D eigenvalue weighted by Crippen LogP contribution is 2.27. The summed E-state index contributed by atoms with van der Waals surface area (Å²) in [5.74, 6) is -1.58. The quantitative estimate of drug-likeness (QED) is 0.307. The van der Waals surface area contributed by atoms with Gasteiger partial charge in [0.25, 0.3) is 0 Å². The van der Waals surface area contributed by atoms with Crippen molar-refractivity contribution < 1.29 is 28.2 Å². The Hall–Kier alpha value is -4.05. The van der Waals surface area contributed by atoms with Gasteiger partial charge >= 0.3 is 12.1 Å². The molecular weight excluding hydrogens is 587 g/mol. The molecule has 4 aromatic rings. The van der Waals surface area contributed by atoms with Crippen molar-refractivity contribution in [2.24, 2.45) is 7.05 Å². The molecule has 0 bridgehead atoms. The van der Waals surface area contributed by atoms with Gasteiger partial charge in [0.15, 0.2) is 0 Å². The Labute approximate surface area is 228 Å². The largest absolute Gasteiger partial charge is 0.490 e. The highest BCUT2D eigenvalue weighted by molar-refractivity contribution is 9.10. The topological polar surface area (TPSA) is 147 Å². The van der Waals surface area contributed by atoms with E-state index in [0.29, 0.717) is 11.9 Å². The zero-order chi connectivity index (χ0) is 28.2. The smallest absolute Gasteiger partial charge is 0.475 e. The van der Waals surface area contributed by atoms with Crippen LogP contribution in [0.15, 0.2) is 53.7 Å². The number of rotatable bonds is 5. The highest BCUT2D eigenvalue weighted by atomic mass is 79.9. The summed E-state index contributed by atoms with van der Waals surface area (Å²) in [5.41, 5.74) is 3.44. The van der Waals surface area contributed by atoms with Crippen molar-refractivity contribution in [3.8, 4) is 16.9 Å². The van der Waals surface area contributed by atoms with Gasteiger partial charge in [-0.25, -0.2) is 19.4 Å². The number of carboxylic acids is 1. The van der Waals surface area contributed by atoms with Gasteiger partial charge in [-0.15, -0.1) is 5.10 Å². The van der Waals surface area contributed by atoms with Crippen LogP contribution in [0.4, 0.5) is 30.8 Å². The molecule has 4 heterocycles. The van der Waals surface area contributed by atoms with Crippen LogP contribution in [0.2, 0.25) is 0 Å². The normalized spacial score (nSPS) is 14.1. The molecule has 0 spiro atoms. The number of aliphatic carboxylic acids is 1. The summed E-state index contributed by atoms with van der Waals surface area (Å²) in [5, 5.41) is 28.8. The average Bonchev–Trinajstić information content (AvgIpc) is 3.56. The molecule has 0 radical (unpaired) electrons. The lowest BCUT2D eigenvalue weighted by atomic mass is 10.1. The monoisotopic (exact) mass is 609 g/mol. The molecule has 0 saturated carbocycles. The maximum absolute atomic E-state index is 10.6. The first-order chi connectivity index (χ1) is 18.5. The Morgan fingerprint density at radius 3 is 2.38 bits per heavy atom. The van der Waals surface area contributed by atoms with Crippen LogP contribution in [0.3, 0.4) is 0 Å². The van der Waals surface area contributed by atoms with Crippen molar-refractivity contribution in [1.82, 2.24) is 34.5 Å². The second kappa shape index (κ2) is 11.8. The van der Waals surface area contributed by atoms with Gasteiger partial charge in [-0.3, -0.25) is 4.68 Å². The van der Waals surface area contributed by atoms with Gasteiger partial charge in [0, 0.05) is 43.8 Å². The first-order valence-corrected chi connectivity index (χ1v) is 12.3. The summed E-state index contributed by atoms with van der Waals surface area (Å²) in [7, 11) is 1.87. The number of aryl methyl sites for hydroxylation is 1. The summed E-state index contributed by atoms with van der Waals surface area (Å²) in [6.45, 7) is 1.53. The number of aliphatic hydroxyl groups is 1. The molecule has 0 amide bonds. The van der Waals surface area contributed by atoms with E-state index in [1.807, 2.05) is 37.5 Å². The van der Waals surface area contributed by atoms with E-state index in [1.54, 1.807) is 28.1 Å². The number of nitrogens with zero attached hydrogens (tertiary/aromatic N) is 8. The Morgan fingerprint density at radius 2 is 1.79 bits per heavy atom. The number of benzene rings is 1. The second-order valence-corrected chi connectivity index (χ2v) is 9.33. The third-order valence-corrected chi connectivity index (χ3v) is 6.16. The number of halogens is 4. The van der Waals surface area contributed by atoms with Crippen LogP contribution in [-0.2, 0) is 11.8 Å². The fourth-order valence-electron chi connectivity index (χ4n) is 3.59. The van der Waals surface area contributed by atoms with Crippen molar-refractivity contribution in [3.63, 3.8) is 0 Å². The van der Waals surface area contributed by atoms with Gasteiger partial charge in [-0.2, -0.15) is 23.3 Å². The molecule has 1 fully saturated rings. The molecule has 1 aliphatic rings. The number of aromatic nitrogens is 7. The third kappa shape index (κ3) is 7.29. The molecule has 1 aliphatic heterocycles. The minimum atomic E-state index is -5.08. The van der Waals surface area contributed by atoms with Crippen LogP contribution in [0.25, 0.3) is 16.9 Å². The Morgan fingerprint density at radius 1 is 1.13 bits per heavy atom. The Kier molecular flexibility index (Phi) is 8.44. The third-order valence-electron chi connectivity index (χ3n) is 5.58. The van der Waals surface area contributed by atoms with Crippen molar-refractivity contribution in [1.29, 1.82) is 0 Å². The summed E-state index contributed by atoms with van der Waals surface area (Å²) in [6.07, 6.45) is 3.30. The summed E-state index contributed by atoms with van der Waals surface area (Å²) >= 11 is 3.51. The zero-order valence-electron chi connectivity index (χ0n) is 20.4. The van der Waals surface area contributed by atoms with Crippen LogP contribution in [0, 0.1) is 0 Å². The van der Waals surface area contributed by atoms with Crippen LogP contribution < -0.4 is 10.2 Å². The molecule has 0 atom stereocenters. The van der Waals surface area contributed by atoms with Crippen LogP contribution in [0.1, 0.15) is 12.8 Å². The number of alkyl halides is 3. The van der Waals surface area contributed by atoms with E-state index >= 15 is 0 Å². The van der Waals surface area contributed by atoms with Gasteiger partial charge in [0.1, 0.15) is 6.33 Å². The fraction of sp³-hybridized carbons (Fsp3) is 0.304. The number of anilines is 3. The number of nitrogens with one attached hydrogen (secondary N) is 1. The Bertz CT molecular complexity index is 1420. The van der Waals surface area contributed by atoms with Crippen LogP contribution >= 0.6 is 15.9 Å². The van der Waals surface area contributed by atoms with E-state index in [4.69, 9.17) is 9.90 Å². The van der Waals surface area contributed by atoms with Gasteiger partial charge in [-0.05, 0) is 53.0 Å². The summed E-state index contributed by atoms with van der Waals surface area (Å²) in [4.78, 5) is 24.4. The van der Waals surface area contributed by atoms with E-state index < -0.39 is 12.1 Å². The van der Waals surface area contributed by atoms with Crippen molar-refractivity contribution >= 4 is 39.5 Å². The predicted octanol–water partition coefficient (Wildman–Crippen LogP) is 3.56. The van der Waals surface area contributed by atoms with Gasteiger partial charge < -0.3 is 20.4 Å². The van der Waals surface area contributed by atoms with Crippen molar-refractivity contribution in [3.05, 3.63) is 53.7 Å². The van der Waals surface area contributed by atoms with Crippen LogP contribution in [-0.4, -0.2) is 76.1 Å². The summed E-state index contributed by atoms with van der Waals surface area (Å²) in [6, 6.07) is 7.81. The van der Waals surface area contributed by atoms with Gasteiger partial charge in [-0.1, -0.05) is 0 Å². The molecule has 12 nitrogen and oxygen atoms in total. The number of aliphatic hydroxyl groups excluding tert-OH is 1. The molecule has 206 valence electrons. The first kappa shape index (κ1) is 28.0. The standard InChI is InChI=1S/C21H22BrN9O.C2HF3O2/c1-29-12-14(10-25-29)19-18(22)11-23-20(27-19)26-15-2-4-16(5-3-15)31-13-24-21(28-31)30-8-6-17(32)7-9-30;3-2(4,5)1(6)7/h2-5,10-13,17,32H,6-9H2,1H3,(H,23,26,27);(H,6,7). The number of carbonyl (C=O) groups is 1. The lowest BCUT2D eigenvalue weighted by Crippen LogP contribution is -2.36. The molecule has 5 rings (SSSR count). The minimum Gasteiger partial charge on any atom is -0.475 e. The molecule has 0 aliphatic carbocycles. The molecule has 0 unspecified atom stereocenters. The summed E-state index contributed by atoms with van der Waals surface area (Å²) < 4.78 is 36.0.